The molecule has 0 radical (unpaired) electrons. The van der Waals surface area contributed by atoms with Crippen molar-refractivity contribution in [3.05, 3.63) is 62.8 Å². The number of hydrogen-bond acceptors (Lipinski definition) is 8. The van der Waals surface area contributed by atoms with Crippen LogP contribution in [0.4, 0.5) is 4.39 Å². The van der Waals surface area contributed by atoms with Crippen molar-refractivity contribution in [3.8, 4) is 16.3 Å². The number of fused-ring (bicyclic) bond motifs is 1. The first-order valence-electron chi connectivity index (χ1n) is 11.2. The molecule has 2 N–H and O–H groups in total. The van der Waals surface area contributed by atoms with Crippen molar-refractivity contribution in [2.45, 2.75) is 31.8 Å². The van der Waals surface area contributed by atoms with E-state index in [9.17, 15) is 19.1 Å². The van der Waals surface area contributed by atoms with Crippen LogP contribution in [0.15, 0.2) is 35.3 Å². The molecule has 0 unspecified atom stereocenters. The molecule has 4 heterocycles. The Balaban J connectivity index is 1.56. The highest BCUT2D eigenvalue weighted by atomic mass is 32.1. The highest BCUT2D eigenvalue weighted by molar-refractivity contribution is 7.14. The maximum absolute atomic E-state index is 13.4. The summed E-state index contributed by atoms with van der Waals surface area (Å²) in [5.74, 6) is -1.27. The van der Waals surface area contributed by atoms with Gasteiger partial charge in [0, 0.05) is 39.1 Å². The number of hydrogen-bond donors (Lipinski definition) is 2. The molecule has 1 amide bonds. The van der Waals surface area contributed by atoms with Crippen molar-refractivity contribution >= 4 is 17.2 Å². The number of halogens is 1. The molecule has 1 spiro atoms. The summed E-state index contributed by atoms with van der Waals surface area (Å²) in [4.78, 5) is 28.3. The summed E-state index contributed by atoms with van der Waals surface area (Å²) in [5, 5.41) is 25.5. The lowest BCUT2D eigenvalue weighted by atomic mass is 9.93. The van der Waals surface area contributed by atoms with Gasteiger partial charge < -0.3 is 15.3 Å². The fourth-order valence-corrected chi connectivity index (χ4v) is 5.82. The fraction of sp³-hybridized carbons (Fsp3) is 0.391. The van der Waals surface area contributed by atoms with Gasteiger partial charge in [0.05, 0.1) is 5.56 Å². The van der Waals surface area contributed by atoms with E-state index in [0.717, 1.165) is 18.7 Å². The Kier molecular flexibility index (Phi) is 5.61. The topological polar surface area (TPSA) is 104 Å². The second kappa shape index (κ2) is 8.48. The van der Waals surface area contributed by atoms with Gasteiger partial charge in [-0.25, -0.2) is 4.39 Å². The Bertz CT molecular complexity index is 1300. The summed E-state index contributed by atoms with van der Waals surface area (Å²) in [5.41, 5.74) is -0.213. The van der Waals surface area contributed by atoms with Crippen LogP contribution >= 0.6 is 11.3 Å². The number of piperidine rings is 1. The average Bonchev–Trinajstić information content (AvgIpc) is 3.30. The highest BCUT2D eigenvalue weighted by Crippen LogP contribution is 2.37. The summed E-state index contributed by atoms with van der Waals surface area (Å²) < 4.78 is 14.8. The molecule has 11 heteroatoms. The first-order valence-corrected chi connectivity index (χ1v) is 12.0. The SMILES string of the molecule is CCN1C(=O)c2c(O)c(=O)c(-c3nnc(Cc4ccc(F)cc4)s3)cn2N(C)C12CCNCC2. The molecule has 1 aromatic carbocycles. The lowest BCUT2D eigenvalue weighted by Gasteiger charge is -2.55. The zero-order chi connectivity index (χ0) is 24.0. The Labute approximate surface area is 199 Å². The van der Waals surface area contributed by atoms with Gasteiger partial charge in [0.15, 0.2) is 16.5 Å². The molecule has 2 aliphatic heterocycles. The van der Waals surface area contributed by atoms with Crippen LogP contribution in [0.1, 0.15) is 40.8 Å². The molecule has 2 aromatic heterocycles. The van der Waals surface area contributed by atoms with E-state index in [-0.39, 0.29) is 23.0 Å². The van der Waals surface area contributed by atoms with E-state index in [2.05, 4.69) is 15.5 Å². The van der Waals surface area contributed by atoms with Gasteiger partial charge >= 0.3 is 0 Å². The molecule has 2 aliphatic rings. The van der Waals surface area contributed by atoms with Crippen LogP contribution < -0.4 is 15.8 Å². The average molecular weight is 485 g/mol. The first-order chi connectivity index (χ1) is 16.4. The van der Waals surface area contributed by atoms with Crippen LogP contribution in [0.2, 0.25) is 0 Å². The minimum absolute atomic E-state index is 0.0432. The molecule has 0 aliphatic carbocycles. The Morgan fingerprint density at radius 3 is 2.56 bits per heavy atom. The number of aromatic nitrogens is 3. The molecular weight excluding hydrogens is 459 g/mol. The fourth-order valence-electron chi connectivity index (χ4n) is 4.94. The Morgan fingerprint density at radius 2 is 1.88 bits per heavy atom. The normalized spacial score (nSPS) is 17.3. The lowest BCUT2D eigenvalue weighted by molar-refractivity contribution is 0.0177. The molecule has 0 saturated carbocycles. The van der Waals surface area contributed by atoms with Gasteiger partial charge in [-0.1, -0.05) is 23.5 Å². The number of nitrogens with one attached hydrogen (secondary N) is 1. The molecular formula is C23H25FN6O3S. The van der Waals surface area contributed by atoms with Crippen LogP contribution in [-0.4, -0.2) is 63.1 Å². The summed E-state index contributed by atoms with van der Waals surface area (Å²) in [7, 11) is 1.87. The number of amides is 1. The second-order valence-electron chi connectivity index (χ2n) is 8.52. The molecule has 3 aromatic rings. The summed E-state index contributed by atoms with van der Waals surface area (Å²) in [6, 6.07) is 6.12. The minimum atomic E-state index is -0.658. The highest BCUT2D eigenvalue weighted by Gasteiger charge is 2.49. The molecule has 0 atom stereocenters. The number of carbonyl (C=O) groups is 1. The molecule has 5 rings (SSSR count). The number of pyridine rings is 1. The van der Waals surface area contributed by atoms with E-state index >= 15 is 0 Å². The molecule has 9 nitrogen and oxygen atoms in total. The maximum atomic E-state index is 13.4. The third-order valence-electron chi connectivity index (χ3n) is 6.73. The van der Waals surface area contributed by atoms with E-state index in [4.69, 9.17) is 0 Å². The third kappa shape index (κ3) is 3.46. The van der Waals surface area contributed by atoms with Crippen molar-refractivity contribution in [2.24, 2.45) is 0 Å². The van der Waals surface area contributed by atoms with Gasteiger partial charge in [0.25, 0.3) is 5.91 Å². The number of nitrogens with zero attached hydrogens (tertiary/aromatic N) is 5. The van der Waals surface area contributed by atoms with E-state index in [1.165, 1.54) is 23.5 Å². The summed E-state index contributed by atoms with van der Waals surface area (Å²) in [6.45, 7) is 3.87. The van der Waals surface area contributed by atoms with Crippen LogP contribution in [0, 0.1) is 5.82 Å². The predicted octanol–water partition coefficient (Wildman–Crippen LogP) is 1.93. The van der Waals surface area contributed by atoms with Gasteiger partial charge in [0.1, 0.15) is 16.5 Å². The first kappa shape index (κ1) is 22.5. The van der Waals surface area contributed by atoms with Crippen LogP contribution in [0.3, 0.4) is 0 Å². The van der Waals surface area contributed by atoms with E-state index in [1.54, 1.807) is 27.9 Å². The minimum Gasteiger partial charge on any atom is -0.502 e. The third-order valence-corrected chi connectivity index (χ3v) is 7.68. The van der Waals surface area contributed by atoms with Crippen molar-refractivity contribution in [3.63, 3.8) is 0 Å². The van der Waals surface area contributed by atoms with Crippen molar-refractivity contribution in [1.29, 1.82) is 0 Å². The second-order valence-corrected chi connectivity index (χ2v) is 9.59. The van der Waals surface area contributed by atoms with Gasteiger partial charge in [0.2, 0.25) is 5.43 Å². The lowest BCUT2D eigenvalue weighted by Crippen LogP contribution is -2.71. The van der Waals surface area contributed by atoms with E-state index < -0.39 is 16.8 Å². The molecule has 0 bridgehead atoms. The van der Waals surface area contributed by atoms with Gasteiger partial charge in [-0.05, 0) is 37.7 Å². The molecule has 1 saturated heterocycles. The molecule has 34 heavy (non-hydrogen) atoms. The summed E-state index contributed by atoms with van der Waals surface area (Å²) in [6.07, 6.45) is 3.45. The Morgan fingerprint density at radius 1 is 1.18 bits per heavy atom. The Hall–Kier alpha value is -3.31. The largest absolute Gasteiger partial charge is 0.502 e. The van der Waals surface area contributed by atoms with Crippen LogP contribution in [-0.2, 0) is 6.42 Å². The number of benzene rings is 1. The molecule has 1 fully saturated rings. The monoisotopic (exact) mass is 484 g/mol. The van der Waals surface area contributed by atoms with Crippen LogP contribution in [0.5, 0.6) is 5.75 Å². The zero-order valence-corrected chi connectivity index (χ0v) is 19.7. The van der Waals surface area contributed by atoms with E-state index in [1.807, 2.05) is 19.0 Å². The standard InChI is InChI=1S/C23H25FN6O3S/c1-3-29-22(33)18-20(32)19(31)16(13-30(18)28(2)23(29)8-10-25-11-9-23)21-27-26-17(34-21)12-14-4-6-15(24)7-5-14/h4-7,13,25,32H,3,8-12H2,1-2H3. The van der Waals surface area contributed by atoms with Gasteiger partial charge in [-0.15, -0.1) is 10.2 Å². The number of rotatable bonds is 4. The number of carbonyl (C=O) groups excluding carboxylic acids is 1. The van der Waals surface area contributed by atoms with Crippen molar-refractivity contribution < 1.29 is 14.3 Å². The van der Waals surface area contributed by atoms with Crippen molar-refractivity contribution in [1.82, 2.24) is 25.1 Å². The number of aromatic hydroxyl groups is 1. The quantitative estimate of drug-likeness (QED) is 0.583. The smallest absolute Gasteiger partial charge is 0.278 e. The predicted molar refractivity (Wildman–Crippen MR) is 126 cm³/mol. The maximum Gasteiger partial charge on any atom is 0.278 e. The van der Waals surface area contributed by atoms with E-state index in [0.29, 0.717) is 35.8 Å². The summed E-state index contributed by atoms with van der Waals surface area (Å²) >= 11 is 1.23. The van der Waals surface area contributed by atoms with Gasteiger partial charge in [-0.3, -0.25) is 19.3 Å². The van der Waals surface area contributed by atoms with Crippen molar-refractivity contribution in [2.75, 3.05) is 31.7 Å². The zero-order valence-electron chi connectivity index (χ0n) is 18.9. The van der Waals surface area contributed by atoms with Gasteiger partial charge in [-0.2, -0.15) is 0 Å². The molecule has 178 valence electrons. The van der Waals surface area contributed by atoms with Crippen LogP contribution in [0.25, 0.3) is 10.6 Å².